The maximum Gasteiger partial charge on any atom is 1.00 e. The van der Waals surface area contributed by atoms with Gasteiger partial charge in [-0.05, 0) is 0 Å². The minimum absolute atomic E-state index is 0. The number of rotatable bonds is 0. The molecule has 0 aliphatic carbocycles. The van der Waals surface area contributed by atoms with E-state index in [9.17, 15) is 0 Å². The fraction of sp³-hybridized carbons (Fsp3) is 0. The molecule has 0 saturated heterocycles. The van der Waals surface area contributed by atoms with Crippen LogP contribution in [-0.2, 0) is 16.5 Å². The van der Waals surface area contributed by atoms with E-state index in [1.165, 1.54) is 5.34 Å². The summed E-state index contributed by atoms with van der Waals surface area (Å²) in [4.78, 5) is 8.11. The summed E-state index contributed by atoms with van der Waals surface area (Å²) in [7, 11) is 0. The van der Waals surface area contributed by atoms with Crippen LogP contribution < -0.4 is 51.4 Å². The number of nitrogens with zero attached hydrogens (tertiary/aromatic N) is 1. The van der Waals surface area contributed by atoms with Crippen LogP contribution in [0.1, 0.15) is 1.43 Å². The molecule has 30 valence electrons. The van der Waals surface area contributed by atoms with E-state index in [1.54, 1.807) is 0 Å². The molecule has 0 aromatic carbocycles. The molecule has 0 aromatic rings. The summed E-state index contributed by atoms with van der Waals surface area (Å²) < 4.78 is 0. The van der Waals surface area contributed by atoms with Gasteiger partial charge < -0.3 is 6.63 Å². The molecule has 0 rings (SSSR count). The second-order valence-corrected chi connectivity index (χ2v) is 0.0816. The van der Waals surface area contributed by atoms with Crippen molar-refractivity contribution in [2.75, 3.05) is 0 Å². The van der Waals surface area contributed by atoms with Gasteiger partial charge in [0.15, 0.2) is 5.34 Å². The van der Waals surface area contributed by atoms with Crippen LogP contribution in [-0.4, -0.2) is 5.21 Å². The Balaban J connectivity index is -0.00000000667. The van der Waals surface area contributed by atoms with E-state index in [0.29, 0.717) is 0 Å². The molecular formula is H2KNNiO2. The van der Waals surface area contributed by atoms with Crippen molar-refractivity contribution in [1.82, 2.24) is 0 Å². The average Bonchev–Trinajstić information content (AvgIpc) is 0.918. The average molecular weight is 146 g/mol. The van der Waals surface area contributed by atoms with Crippen LogP contribution in [0.15, 0.2) is 5.34 Å². The summed E-state index contributed by atoms with van der Waals surface area (Å²) in [6, 6.07) is 0. The Morgan fingerprint density at radius 3 is 1.80 bits per heavy atom. The van der Waals surface area contributed by atoms with Crippen molar-refractivity contribution in [2.24, 2.45) is 5.34 Å². The minimum Gasteiger partial charge on any atom is -1.00 e. The van der Waals surface area contributed by atoms with E-state index in [2.05, 4.69) is 0 Å². The third-order valence-electron chi connectivity index (χ3n) is 0. The smallest absolute Gasteiger partial charge is 1.00 e. The first kappa shape index (κ1) is 16.0. The van der Waals surface area contributed by atoms with E-state index in [-0.39, 0.29) is 69.3 Å². The van der Waals surface area contributed by atoms with Gasteiger partial charge in [0.05, 0.1) is 0 Å². The van der Waals surface area contributed by atoms with Gasteiger partial charge in [-0.2, -0.15) is 0 Å². The molecule has 3 nitrogen and oxygen atoms in total. The Morgan fingerprint density at radius 2 is 1.80 bits per heavy atom. The topological polar surface area (TPSA) is 49.7 Å². The molecule has 0 aromatic heterocycles. The molecule has 0 amide bonds. The van der Waals surface area contributed by atoms with E-state index in [0.717, 1.165) is 0 Å². The van der Waals surface area contributed by atoms with Crippen molar-refractivity contribution in [1.29, 1.82) is 0 Å². The molecule has 1 N–H and O–H groups in total. The fourth-order valence-corrected chi connectivity index (χ4v) is 0. The molecule has 0 radical (unpaired) electrons. The molecule has 5 heteroatoms. The normalized spacial score (nSPS) is 2.40. The molecule has 5 heavy (non-hydrogen) atoms. The predicted molar refractivity (Wildman–Crippen MR) is 8.69 cm³/mol. The van der Waals surface area contributed by atoms with Crippen molar-refractivity contribution >= 4 is 0 Å². The van der Waals surface area contributed by atoms with Crippen molar-refractivity contribution in [3.05, 3.63) is 4.91 Å². The molecule has 0 unspecified atom stereocenters. The maximum absolute atomic E-state index is 8.11. The third-order valence-corrected chi connectivity index (χ3v) is 0. The van der Waals surface area contributed by atoms with Gasteiger partial charge in [-0.3, -0.25) is 0 Å². The number of hydrogen-bond donors (Lipinski definition) is 1. The van der Waals surface area contributed by atoms with Crippen LogP contribution in [0, 0.1) is 4.91 Å². The summed E-state index contributed by atoms with van der Waals surface area (Å²) in [5.74, 6) is 0. The van der Waals surface area contributed by atoms with Gasteiger partial charge in [0, 0.05) is 16.5 Å². The zero-order chi connectivity index (χ0) is 2.71. The molecule has 0 aliphatic heterocycles. The standard InChI is InChI=1S/K.HNO2.Ni.H/c;2-1-3;;/h;(H,2,3);;/q+1;;;-1. The van der Waals surface area contributed by atoms with E-state index >= 15 is 0 Å². The van der Waals surface area contributed by atoms with Gasteiger partial charge in [-0.1, -0.05) is 0 Å². The maximum atomic E-state index is 8.11. The first-order valence-corrected chi connectivity index (χ1v) is 0.383. The largest absolute Gasteiger partial charge is 1.00 e. The SMILES string of the molecule is O=NO.[H-].[K+].[Ni]. The first-order valence-electron chi connectivity index (χ1n) is 0.383. The van der Waals surface area contributed by atoms with E-state index < -0.39 is 0 Å². The summed E-state index contributed by atoms with van der Waals surface area (Å²) in [5.41, 5.74) is 0. The van der Waals surface area contributed by atoms with Gasteiger partial charge in [-0.25, -0.2) is 0 Å². The van der Waals surface area contributed by atoms with Crippen LogP contribution in [0.4, 0.5) is 0 Å². The van der Waals surface area contributed by atoms with Crippen molar-refractivity contribution in [3.8, 4) is 0 Å². The zero-order valence-corrected chi connectivity index (χ0v) is 6.73. The third kappa shape index (κ3) is 29.4. The molecule has 0 bridgehead atoms. The Hall–Kier alpha value is 1.53. The van der Waals surface area contributed by atoms with Crippen LogP contribution in [0.5, 0.6) is 0 Å². The molecule has 0 saturated carbocycles. The Bertz CT molecular complexity index is 21.0. The van der Waals surface area contributed by atoms with Crippen molar-refractivity contribution < 1.29 is 74.5 Å². The van der Waals surface area contributed by atoms with E-state index in [4.69, 9.17) is 10.1 Å². The summed E-state index contributed by atoms with van der Waals surface area (Å²) in [6.07, 6.45) is 0. The quantitative estimate of drug-likeness (QED) is 0.229. The molecular weight excluding hydrogens is 144 g/mol. The molecule has 0 spiro atoms. The van der Waals surface area contributed by atoms with Gasteiger partial charge in [-0.15, -0.1) is 4.91 Å². The van der Waals surface area contributed by atoms with Gasteiger partial charge in [0.25, 0.3) is 0 Å². The Kier molecular flexibility index (Phi) is 56.8. The summed E-state index contributed by atoms with van der Waals surface area (Å²) >= 11 is 0. The molecule has 0 heterocycles. The van der Waals surface area contributed by atoms with Gasteiger partial charge in [0.2, 0.25) is 0 Å². The monoisotopic (exact) mass is 145 g/mol. The van der Waals surface area contributed by atoms with Crippen LogP contribution in [0.2, 0.25) is 0 Å². The molecule has 0 aliphatic rings. The van der Waals surface area contributed by atoms with Crippen LogP contribution in [0.25, 0.3) is 0 Å². The first-order chi connectivity index (χ1) is 1.41. The van der Waals surface area contributed by atoms with Crippen molar-refractivity contribution in [2.45, 2.75) is 0 Å². The van der Waals surface area contributed by atoms with Gasteiger partial charge >= 0.3 is 51.4 Å². The minimum atomic E-state index is 0. The summed E-state index contributed by atoms with van der Waals surface area (Å²) in [6.45, 7) is 0. The predicted octanol–water partition coefficient (Wildman–Crippen LogP) is -2.74. The fourth-order valence-electron chi connectivity index (χ4n) is 0. The second-order valence-electron chi connectivity index (χ2n) is 0.0816. The Morgan fingerprint density at radius 1 is 1.80 bits per heavy atom. The summed E-state index contributed by atoms with van der Waals surface area (Å²) in [5, 5.41) is 7.89. The molecule has 0 fully saturated rings. The van der Waals surface area contributed by atoms with Crippen molar-refractivity contribution in [3.63, 3.8) is 0 Å². The second kappa shape index (κ2) is 17.7. The van der Waals surface area contributed by atoms with E-state index in [1.807, 2.05) is 0 Å². The zero-order valence-electron chi connectivity index (χ0n) is 3.62. The van der Waals surface area contributed by atoms with Gasteiger partial charge in [0.1, 0.15) is 0 Å². The Labute approximate surface area is 83.3 Å². The molecule has 0 atom stereocenters. The number of hydrogen-bond acceptors (Lipinski definition) is 2. The van der Waals surface area contributed by atoms with Crippen LogP contribution >= 0.6 is 0 Å². The van der Waals surface area contributed by atoms with Crippen LogP contribution in [0.3, 0.4) is 0 Å².